The molecule has 0 aromatic heterocycles. The fourth-order valence-corrected chi connectivity index (χ4v) is 5.15. The molecule has 0 radical (unpaired) electrons. The Labute approximate surface area is 126 Å². The number of benzene rings is 1. The van der Waals surface area contributed by atoms with Crippen LogP contribution in [0.25, 0.3) is 0 Å². The van der Waals surface area contributed by atoms with Gasteiger partial charge in [0.2, 0.25) is 10.0 Å². The summed E-state index contributed by atoms with van der Waals surface area (Å²) in [6, 6.07) is 4.88. The maximum atomic E-state index is 12.8. The zero-order valence-electron chi connectivity index (χ0n) is 11.8. The van der Waals surface area contributed by atoms with Gasteiger partial charge in [-0.3, -0.25) is 0 Å². The second-order valence-corrected chi connectivity index (χ2v) is 7.74. The Hall–Kier alpha value is -0.620. The van der Waals surface area contributed by atoms with Crippen molar-refractivity contribution in [2.24, 2.45) is 11.7 Å². The van der Waals surface area contributed by atoms with Crippen LogP contribution in [0.15, 0.2) is 23.1 Å². The van der Waals surface area contributed by atoms with Crippen LogP contribution in [0, 0.1) is 12.8 Å². The monoisotopic (exact) mass is 316 g/mol. The number of sulfonamides is 1. The van der Waals surface area contributed by atoms with Crippen LogP contribution in [0.1, 0.15) is 25.3 Å². The number of nitrogens with zero attached hydrogens (tertiary/aromatic N) is 1. The quantitative estimate of drug-likeness (QED) is 0.931. The zero-order valence-corrected chi connectivity index (χ0v) is 13.4. The Morgan fingerprint density at radius 2 is 2.15 bits per heavy atom. The highest BCUT2D eigenvalue weighted by atomic mass is 35.5. The molecule has 1 heterocycles. The van der Waals surface area contributed by atoms with E-state index in [-0.39, 0.29) is 21.9 Å². The van der Waals surface area contributed by atoms with Crippen LogP contribution in [0.3, 0.4) is 0 Å². The number of hydrogen-bond donors (Lipinski definition) is 1. The first-order chi connectivity index (χ1) is 9.37. The summed E-state index contributed by atoms with van der Waals surface area (Å²) < 4.78 is 27.2. The maximum absolute atomic E-state index is 12.8. The predicted octanol–water partition coefficient (Wildman–Crippen LogP) is 2.40. The highest BCUT2D eigenvalue weighted by molar-refractivity contribution is 7.89. The third-order valence-corrected chi connectivity index (χ3v) is 6.39. The van der Waals surface area contributed by atoms with E-state index in [0.29, 0.717) is 13.1 Å². The van der Waals surface area contributed by atoms with Crippen LogP contribution >= 0.6 is 11.6 Å². The smallest absolute Gasteiger partial charge is 0.244 e. The van der Waals surface area contributed by atoms with E-state index < -0.39 is 10.0 Å². The molecule has 0 aliphatic carbocycles. The summed E-state index contributed by atoms with van der Waals surface area (Å²) in [6.07, 6.45) is 1.87. The lowest BCUT2D eigenvalue weighted by molar-refractivity contribution is 0.192. The molecule has 1 saturated heterocycles. The molecule has 0 amide bonds. The fraction of sp³-hybridized carbons (Fsp3) is 0.571. The molecule has 0 bridgehead atoms. The highest BCUT2D eigenvalue weighted by Gasteiger charge is 2.37. The van der Waals surface area contributed by atoms with Crippen molar-refractivity contribution in [3.8, 4) is 0 Å². The van der Waals surface area contributed by atoms with Crippen LogP contribution in [0.5, 0.6) is 0 Å². The number of nitrogens with two attached hydrogens (primary N) is 1. The lowest BCUT2D eigenvalue weighted by atomic mass is 9.93. The van der Waals surface area contributed by atoms with Crippen molar-refractivity contribution in [3.05, 3.63) is 28.8 Å². The Morgan fingerprint density at radius 3 is 2.75 bits per heavy atom. The standard InChI is InChI=1S/C14H21ClN2O2S/c1-10-5-6-14(12(15)8-10)20(18,19)17-7-3-4-11(2)13(17)9-16/h5-6,8,11,13H,3-4,7,9,16H2,1-2H3. The molecule has 4 nitrogen and oxygen atoms in total. The lowest BCUT2D eigenvalue weighted by Crippen LogP contribution is -2.51. The molecule has 1 aliphatic heterocycles. The normalized spacial score (nSPS) is 24.8. The van der Waals surface area contributed by atoms with Crippen molar-refractivity contribution < 1.29 is 8.42 Å². The van der Waals surface area contributed by atoms with Crippen LogP contribution < -0.4 is 5.73 Å². The molecular weight excluding hydrogens is 296 g/mol. The highest BCUT2D eigenvalue weighted by Crippen LogP contribution is 2.31. The molecule has 2 rings (SSSR count). The average Bonchev–Trinajstić information content (AvgIpc) is 2.37. The van der Waals surface area contributed by atoms with E-state index in [4.69, 9.17) is 17.3 Å². The summed E-state index contributed by atoms with van der Waals surface area (Å²) >= 11 is 6.12. The van der Waals surface area contributed by atoms with E-state index in [0.717, 1.165) is 18.4 Å². The second kappa shape index (κ2) is 6.02. The van der Waals surface area contributed by atoms with Gasteiger partial charge < -0.3 is 5.73 Å². The average molecular weight is 317 g/mol. The Bertz CT molecular complexity index is 589. The Balaban J connectivity index is 2.43. The van der Waals surface area contributed by atoms with Gasteiger partial charge in [0.15, 0.2) is 0 Å². The van der Waals surface area contributed by atoms with Crippen LogP contribution in [0.2, 0.25) is 5.02 Å². The van der Waals surface area contributed by atoms with Crippen LogP contribution in [-0.4, -0.2) is 31.9 Å². The number of aryl methyl sites for hydroxylation is 1. The summed E-state index contributed by atoms with van der Waals surface area (Å²) in [5.41, 5.74) is 6.72. The van der Waals surface area contributed by atoms with Gasteiger partial charge in [0, 0.05) is 19.1 Å². The topological polar surface area (TPSA) is 63.4 Å². The Kier molecular flexibility index (Phi) is 4.74. The van der Waals surface area contributed by atoms with E-state index in [1.54, 1.807) is 18.2 Å². The molecule has 2 unspecified atom stereocenters. The zero-order chi connectivity index (χ0) is 14.9. The van der Waals surface area contributed by atoms with Crippen LogP contribution in [-0.2, 0) is 10.0 Å². The first-order valence-corrected chi connectivity index (χ1v) is 8.67. The molecule has 112 valence electrons. The lowest BCUT2D eigenvalue weighted by Gasteiger charge is -2.38. The molecule has 20 heavy (non-hydrogen) atoms. The van der Waals surface area contributed by atoms with E-state index in [2.05, 4.69) is 6.92 Å². The first-order valence-electron chi connectivity index (χ1n) is 6.86. The third-order valence-electron chi connectivity index (χ3n) is 3.98. The summed E-state index contributed by atoms with van der Waals surface area (Å²) in [6.45, 7) is 4.78. The molecule has 1 fully saturated rings. The SMILES string of the molecule is Cc1ccc(S(=O)(=O)N2CCCC(C)C2CN)c(Cl)c1. The Morgan fingerprint density at radius 1 is 1.45 bits per heavy atom. The van der Waals surface area contributed by atoms with Gasteiger partial charge in [0.05, 0.1) is 5.02 Å². The minimum Gasteiger partial charge on any atom is -0.329 e. The molecule has 6 heteroatoms. The van der Waals surface area contributed by atoms with Crippen molar-refractivity contribution in [1.82, 2.24) is 4.31 Å². The predicted molar refractivity (Wildman–Crippen MR) is 81.3 cm³/mol. The second-order valence-electron chi connectivity index (χ2n) is 5.47. The van der Waals surface area contributed by atoms with Crippen molar-refractivity contribution in [2.45, 2.75) is 37.6 Å². The minimum atomic E-state index is -3.58. The van der Waals surface area contributed by atoms with Gasteiger partial charge in [-0.2, -0.15) is 4.31 Å². The summed E-state index contributed by atoms with van der Waals surface area (Å²) in [4.78, 5) is 0.178. The number of piperidine rings is 1. The van der Waals surface area contributed by atoms with Crippen molar-refractivity contribution >= 4 is 21.6 Å². The summed E-state index contributed by atoms with van der Waals surface area (Å²) in [5.74, 6) is 0.271. The largest absolute Gasteiger partial charge is 0.329 e. The molecular formula is C14H21ClN2O2S. The number of rotatable bonds is 3. The molecule has 1 aliphatic rings. The van der Waals surface area contributed by atoms with Crippen molar-refractivity contribution in [1.29, 1.82) is 0 Å². The maximum Gasteiger partial charge on any atom is 0.244 e. The van der Waals surface area contributed by atoms with Gasteiger partial charge in [-0.15, -0.1) is 0 Å². The fourth-order valence-electron chi connectivity index (χ4n) is 2.80. The van der Waals surface area contributed by atoms with E-state index in [1.807, 2.05) is 6.92 Å². The van der Waals surface area contributed by atoms with Gasteiger partial charge in [-0.05, 0) is 43.4 Å². The summed E-state index contributed by atoms with van der Waals surface area (Å²) in [7, 11) is -3.58. The molecule has 2 atom stereocenters. The van der Waals surface area contributed by atoms with E-state index in [1.165, 1.54) is 4.31 Å². The summed E-state index contributed by atoms with van der Waals surface area (Å²) in [5, 5.41) is 0.277. The van der Waals surface area contributed by atoms with Gasteiger partial charge in [-0.1, -0.05) is 24.6 Å². The molecule has 2 N–H and O–H groups in total. The third kappa shape index (κ3) is 2.86. The molecule has 0 saturated carbocycles. The van der Waals surface area contributed by atoms with Gasteiger partial charge >= 0.3 is 0 Å². The van der Waals surface area contributed by atoms with Gasteiger partial charge in [-0.25, -0.2) is 8.42 Å². The van der Waals surface area contributed by atoms with E-state index in [9.17, 15) is 8.42 Å². The number of halogens is 1. The number of hydrogen-bond acceptors (Lipinski definition) is 3. The van der Waals surface area contributed by atoms with Crippen molar-refractivity contribution in [2.75, 3.05) is 13.1 Å². The van der Waals surface area contributed by atoms with Crippen molar-refractivity contribution in [3.63, 3.8) is 0 Å². The molecule has 1 aromatic carbocycles. The van der Waals surface area contributed by atoms with E-state index >= 15 is 0 Å². The first kappa shape index (κ1) is 15.8. The van der Waals surface area contributed by atoms with Crippen LogP contribution in [0.4, 0.5) is 0 Å². The molecule has 0 spiro atoms. The molecule has 1 aromatic rings. The van der Waals surface area contributed by atoms with Gasteiger partial charge in [0.1, 0.15) is 4.90 Å². The minimum absolute atomic E-state index is 0.147. The van der Waals surface area contributed by atoms with Gasteiger partial charge in [0.25, 0.3) is 0 Å².